The van der Waals surface area contributed by atoms with Crippen molar-refractivity contribution in [2.45, 2.75) is 32.4 Å². The molecule has 1 unspecified atom stereocenters. The normalized spacial score (nSPS) is 13.5. The highest BCUT2D eigenvalue weighted by molar-refractivity contribution is 5.98. The Balaban J connectivity index is 1.85. The largest absolute Gasteiger partial charge is 0.322 e. The maximum Gasteiger partial charge on any atom is 0.262 e. The fraction of sp³-hybridized carbons (Fsp3) is 0.273. The highest BCUT2D eigenvalue weighted by Crippen LogP contribution is 2.29. The van der Waals surface area contributed by atoms with Gasteiger partial charge in [0, 0.05) is 11.8 Å². The lowest BCUT2D eigenvalue weighted by Gasteiger charge is -2.26. The standard InChI is InChI=1S/C22H22F2N2O/c1-15(2)12-22(24,13-16-7-4-3-5-8-16)21(27)26-18-11-17-9-6-10-19(23)20(17)25-14-18/h3-11,14-15H,12-13H2,1-2H3,(H,26,27). The van der Waals surface area contributed by atoms with E-state index in [-0.39, 0.29) is 24.3 Å². The quantitative estimate of drug-likeness (QED) is 0.641. The number of hydrogen-bond donors (Lipinski definition) is 1. The molecule has 5 heteroatoms. The van der Waals surface area contributed by atoms with Crippen LogP contribution < -0.4 is 5.32 Å². The van der Waals surface area contributed by atoms with Gasteiger partial charge >= 0.3 is 0 Å². The number of amides is 1. The van der Waals surface area contributed by atoms with Crippen LogP contribution in [-0.2, 0) is 11.2 Å². The first-order chi connectivity index (χ1) is 12.9. The molecule has 2 aromatic carbocycles. The summed E-state index contributed by atoms with van der Waals surface area (Å²) in [5.41, 5.74) is -0.730. The van der Waals surface area contributed by atoms with Crippen molar-refractivity contribution in [2.24, 2.45) is 5.92 Å². The molecule has 0 spiro atoms. The SMILES string of the molecule is CC(C)CC(F)(Cc1ccccc1)C(=O)Nc1cnc2c(F)cccc2c1. The number of nitrogens with one attached hydrogen (secondary N) is 1. The van der Waals surface area contributed by atoms with Crippen molar-refractivity contribution in [1.29, 1.82) is 0 Å². The van der Waals surface area contributed by atoms with E-state index in [1.165, 1.54) is 12.3 Å². The number of benzene rings is 2. The van der Waals surface area contributed by atoms with E-state index >= 15 is 4.39 Å². The Bertz CT molecular complexity index is 943. The predicted octanol–water partition coefficient (Wildman–Crippen LogP) is 5.31. The third-order valence-electron chi connectivity index (χ3n) is 4.39. The number of fused-ring (bicyclic) bond motifs is 1. The van der Waals surface area contributed by atoms with Crippen molar-refractivity contribution in [3.8, 4) is 0 Å². The van der Waals surface area contributed by atoms with E-state index in [0.29, 0.717) is 11.1 Å². The van der Waals surface area contributed by atoms with Crippen LogP contribution in [0.15, 0.2) is 60.8 Å². The molecule has 0 radical (unpaired) electrons. The predicted molar refractivity (Wildman–Crippen MR) is 104 cm³/mol. The molecular weight excluding hydrogens is 346 g/mol. The minimum atomic E-state index is -2.05. The van der Waals surface area contributed by atoms with Crippen molar-refractivity contribution >= 4 is 22.5 Å². The van der Waals surface area contributed by atoms with Crippen molar-refractivity contribution < 1.29 is 13.6 Å². The van der Waals surface area contributed by atoms with Crippen LogP contribution in [0.25, 0.3) is 10.9 Å². The zero-order valence-electron chi connectivity index (χ0n) is 15.4. The fourth-order valence-electron chi connectivity index (χ4n) is 3.25. The minimum absolute atomic E-state index is 0.00646. The Morgan fingerprint density at radius 1 is 1.15 bits per heavy atom. The molecular formula is C22H22F2N2O. The highest BCUT2D eigenvalue weighted by Gasteiger charge is 2.39. The monoisotopic (exact) mass is 368 g/mol. The van der Waals surface area contributed by atoms with Gasteiger partial charge in [-0.05, 0) is 30.0 Å². The molecule has 0 fully saturated rings. The number of para-hydroxylation sites is 1. The van der Waals surface area contributed by atoms with Gasteiger partial charge in [-0.3, -0.25) is 9.78 Å². The minimum Gasteiger partial charge on any atom is -0.322 e. The van der Waals surface area contributed by atoms with Crippen molar-refractivity contribution in [1.82, 2.24) is 4.98 Å². The Kier molecular flexibility index (Phi) is 5.49. The number of halogens is 2. The summed E-state index contributed by atoms with van der Waals surface area (Å²) >= 11 is 0. The molecule has 0 aliphatic rings. The zero-order chi connectivity index (χ0) is 19.4. The Labute approximate surface area is 157 Å². The smallest absolute Gasteiger partial charge is 0.262 e. The molecule has 3 nitrogen and oxygen atoms in total. The molecule has 0 saturated carbocycles. The molecule has 0 aliphatic heterocycles. The van der Waals surface area contributed by atoms with Crippen molar-refractivity contribution in [2.75, 3.05) is 5.32 Å². The van der Waals surface area contributed by atoms with E-state index in [9.17, 15) is 9.18 Å². The van der Waals surface area contributed by atoms with Crippen molar-refractivity contribution in [3.63, 3.8) is 0 Å². The molecule has 140 valence electrons. The summed E-state index contributed by atoms with van der Waals surface area (Å²) in [7, 11) is 0. The van der Waals surface area contributed by atoms with E-state index in [0.717, 1.165) is 5.56 Å². The average molecular weight is 368 g/mol. The molecule has 0 bridgehead atoms. The summed E-state index contributed by atoms with van der Waals surface area (Å²) in [6.45, 7) is 3.76. The molecule has 1 amide bonds. The zero-order valence-corrected chi connectivity index (χ0v) is 15.4. The molecule has 1 heterocycles. The number of aromatic nitrogens is 1. The number of anilines is 1. The number of carbonyl (C=O) groups is 1. The molecule has 1 N–H and O–H groups in total. The molecule has 0 saturated heterocycles. The van der Waals surface area contributed by atoms with E-state index in [1.807, 2.05) is 44.2 Å². The van der Waals surface area contributed by atoms with Crippen LogP contribution in [0.1, 0.15) is 25.8 Å². The molecule has 0 aliphatic carbocycles. The molecule has 3 rings (SSSR count). The maximum absolute atomic E-state index is 15.7. The van der Waals surface area contributed by atoms with Crippen LogP contribution >= 0.6 is 0 Å². The number of pyridine rings is 1. The van der Waals surface area contributed by atoms with Gasteiger partial charge in [0.1, 0.15) is 11.3 Å². The molecule has 1 atom stereocenters. The first kappa shape index (κ1) is 19.0. The summed E-state index contributed by atoms with van der Waals surface area (Å²) < 4.78 is 29.4. The van der Waals surface area contributed by atoms with Crippen LogP contribution in [-0.4, -0.2) is 16.6 Å². The lowest BCUT2D eigenvalue weighted by molar-refractivity contribution is -0.128. The van der Waals surface area contributed by atoms with Gasteiger partial charge in [-0.25, -0.2) is 8.78 Å². The second-order valence-electron chi connectivity index (χ2n) is 7.22. The van der Waals surface area contributed by atoms with E-state index in [4.69, 9.17) is 0 Å². The van der Waals surface area contributed by atoms with Gasteiger partial charge in [0.2, 0.25) is 0 Å². The van der Waals surface area contributed by atoms with Crippen LogP contribution in [0.5, 0.6) is 0 Å². The van der Waals surface area contributed by atoms with E-state index in [1.54, 1.807) is 18.2 Å². The molecule has 1 aromatic heterocycles. The summed E-state index contributed by atoms with van der Waals surface area (Å²) in [6, 6.07) is 15.3. The van der Waals surface area contributed by atoms with Gasteiger partial charge in [-0.2, -0.15) is 0 Å². The van der Waals surface area contributed by atoms with Gasteiger partial charge in [-0.15, -0.1) is 0 Å². The average Bonchev–Trinajstić information content (AvgIpc) is 2.62. The summed E-state index contributed by atoms with van der Waals surface area (Å²) in [5, 5.41) is 3.17. The second-order valence-corrected chi connectivity index (χ2v) is 7.22. The van der Waals surface area contributed by atoms with E-state index in [2.05, 4.69) is 10.3 Å². The Morgan fingerprint density at radius 3 is 2.59 bits per heavy atom. The summed E-state index contributed by atoms with van der Waals surface area (Å²) in [6.07, 6.45) is 1.44. The van der Waals surface area contributed by atoms with Crippen LogP contribution in [0.3, 0.4) is 0 Å². The highest BCUT2D eigenvalue weighted by atomic mass is 19.1. The lowest BCUT2D eigenvalue weighted by Crippen LogP contribution is -2.42. The van der Waals surface area contributed by atoms with Crippen LogP contribution in [0.2, 0.25) is 0 Å². The summed E-state index contributed by atoms with van der Waals surface area (Å²) in [4.78, 5) is 16.8. The number of alkyl halides is 1. The van der Waals surface area contributed by atoms with Gasteiger partial charge < -0.3 is 5.32 Å². The summed E-state index contributed by atoms with van der Waals surface area (Å²) in [5.74, 6) is -1.14. The van der Waals surface area contributed by atoms with Crippen molar-refractivity contribution in [3.05, 3.63) is 72.2 Å². The maximum atomic E-state index is 15.7. The molecule has 27 heavy (non-hydrogen) atoms. The number of hydrogen-bond acceptors (Lipinski definition) is 2. The Morgan fingerprint density at radius 2 is 1.89 bits per heavy atom. The molecule has 3 aromatic rings. The third-order valence-corrected chi connectivity index (χ3v) is 4.39. The van der Waals surface area contributed by atoms with Gasteiger partial charge in [-0.1, -0.05) is 56.3 Å². The van der Waals surface area contributed by atoms with Gasteiger partial charge in [0.05, 0.1) is 11.9 Å². The second kappa shape index (κ2) is 7.82. The number of rotatable bonds is 6. The van der Waals surface area contributed by atoms with Gasteiger partial charge in [0.25, 0.3) is 5.91 Å². The first-order valence-corrected chi connectivity index (χ1v) is 8.96. The third kappa shape index (κ3) is 4.48. The fourth-order valence-corrected chi connectivity index (χ4v) is 3.25. The number of carbonyl (C=O) groups excluding carboxylic acids is 1. The van der Waals surface area contributed by atoms with Gasteiger partial charge in [0.15, 0.2) is 5.67 Å². The lowest BCUT2D eigenvalue weighted by atomic mass is 9.87. The van der Waals surface area contributed by atoms with Crippen LogP contribution in [0, 0.1) is 11.7 Å². The first-order valence-electron chi connectivity index (χ1n) is 8.96. The van der Waals surface area contributed by atoms with Crippen LogP contribution in [0.4, 0.5) is 14.5 Å². The Hall–Kier alpha value is -2.82. The topological polar surface area (TPSA) is 42.0 Å². The number of nitrogens with zero attached hydrogens (tertiary/aromatic N) is 1. The van der Waals surface area contributed by atoms with E-state index < -0.39 is 17.4 Å².